The predicted molar refractivity (Wildman–Crippen MR) is 92.5 cm³/mol. The summed E-state index contributed by atoms with van der Waals surface area (Å²) in [4.78, 5) is 19.3. The molecule has 5 nitrogen and oxygen atoms in total. The third kappa shape index (κ3) is 3.20. The number of carbonyl (C=O) groups is 1. The van der Waals surface area contributed by atoms with Gasteiger partial charge in [0.05, 0.1) is 5.69 Å². The normalized spacial score (nSPS) is 18.7. The zero-order chi connectivity index (χ0) is 16.2. The maximum absolute atomic E-state index is 12.7. The minimum atomic E-state index is 0.128. The van der Waals surface area contributed by atoms with Gasteiger partial charge in [-0.3, -0.25) is 10.1 Å². The van der Waals surface area contributed by atoms with Crippen molar-refractivity contribution in [1.29, 1.82) is 5.26 Å². The third-order valence-electron chi connectivity index (χ3n) is 4.56. The number of thioether (sulfide) groups is 1. The van der Waals surface area contributed by atoms with E-state index in [1.165, 1.54) is 31.0 Å². The molecule has 1 aliphatic heterocycles. The van der Waals surface area contributed by atoms with Crippen LogP contribution in [0.1, 0.15) is 48.0 Å². The summed E-state index contributed by atoms with van der Waals surface area (Å²) < 4.78 is 0. The fraction of sp³-hybridized carbons (Fsp3) is 0.471. The Bertz CT molecular complexity index is 674. The van der Waals surface area contributed by atoms with Crippen LogP contribution in [-0.2, 0) is 6.54 Å². The van der Waals surface area contributed by atoms with Gasteiger partial charge in [0, 0.05) is 23.7 Å². The number of aliphatic imine (C=N–C) groups is 1. The van der Waals surface area contributed by atoms with Crippen molar-refractivity contribution in [3.63, 3.8) is 0 Å². The lowest BCUT2D eigenvalue weighted by Gasteiger charge is -2.30. The zero-order valence-electron chi connectivity index (χ0n) is 13.2. The second-order valence-electron chi connectivity index (χ2n) is 5.89. The number of nitrogens with one attached hydrogen (secondary N) is 1. The van der Waals surface area contributed by atoms with Crippen LogP contribution in [0.3, 0.4) is 0 Å². The largest absolute Gasteiger partial charge is 0.331 e. The first kappa shape index (κ1) is 15.9. The fourth-order valence-corrected chi connectivity index (χ4v) is 3.75. The number of hydrogen-bond acceptors (Lipinski definition) is 4. The third-order valence-corrected chi connectivity index (χ3v) is 5.14. The van der Waals surface area contributed by atoms with E-state index in [0.29, 0.717) is 17.8 Å². The molecule has 120 valence electrons. The van der Waals surface area contributed by atoms with E-state index in [0.717, 1.165) is 29.7 Å². The van der Waals surface area contributed by atoms with Crippen LogP contribution in [0.15, 0.2) is 23.2 Å². The van der Waals surface area contributed by atoms with E-state index in [9.17, 15) is 4.79 Å². The van der Waals surface area contributed by atoms with Gasteiger partial charge < -0.3 is 4.90 Å². The van der Waals surface area contributed by atoms with Crippen LogP contribution in [0, 0.1) is 11.5 Å². The van der Waals surface area contributed by atoms with Crippen LogP contribution in [0.5, 0.6) is 0 Å². The number of carbonyl (C=O) groups excluding carboxylic acids is 1. The Kier molecular flexibility index (Phi) is 4.87. The molecule has 2 aliphatic rings. The van der Waals surface area contributed by atoms with Crippen LogP contribution < -0.4 is 5.32 Å². The molecule has 1 aliphatic carbocycles. The van der Waals surface area contributed by atoms with Gasteiger partial charge in [0.2, 0.25) is 0 Å². The van der Waals surface area contributed by atoms with E-state index in [4.69, 9.17) is 5.26 Å². The molecule has 1 aromatic carbocycles. The van der Waals surface area contributed by atoms with Gasteiger partial charge in [-0.1, -0.05) is 37.1 Å². The van der Waals surface area contributed by atoms with Gasteiger partial charge in [-0.15, -0.1) is 0 Å². The highest BCUT2D eigenvalue weighted by Crippen LogP contribution is 2.35. The van der Waals surface area contributed by atoms with E-state index in [1.807, 2.05) is 35.5 Å². The molecule has 1 fully saturated rings. The minimum Gasteiger partial charge on any atom is -0.331 e. The number of rotatable bonds is 2. The molecule has 1 saturated carbocycles. The van der Waals surface area contributed by atoms with Gasteiger partial charge >= 0.3 is 0 Å². The summed E-state index contributed by atoms with van der Waals surface area (Å²) in [5.41, 5.74) is 2.52. The molecule has 0 radical (unpaired) electrons. The first-order valence-corrected chi connectivity index (χ1v) is 9.17. The van der Waals surface area contributed by atoms with Crippen molar-refractivity contribution in [2.24, 2.45) is 4.99 Å². The molecular weight excluding hydrogens is 308 g/mol. The minimum absolute atomic E-state index is 0.128. The second kappa shape index (κ2) is 7.05. The second-order valence-corrected chi connectivity index (χ2v) is 6.68. The highest BCUT2D eigenvalue weighted by molar-refractivity contribution is 8.13. The standard InChI is InChI=1S/C17H20N4OS/c1-23-17(19-11-18)20-15-9-5-8-13-14(15)10-21(16(13)22)12-6-3-2-4-7-12/h5,8-9,12H,2-4,6-7,10H2,1H3,(H,19,20). The van der Waals surface area contributed by atoms with Crippen LogP contribution in [0.25, 0.3) is 0 Å². The summed E-state index contributed by atoms with van der Waals surface area (Å²) >= 11 is 1.38. The number of benzene rings is 1. The predicted octanol–water partition coefficient (Wildman–Crippen LogP) is 3.40. The average molecular weight is 328 g/mol. The molecule has 1 heterocycles. The molecule has 0 atom stereocenters. The Hall–Kier alpha value is -2.00. The maximum atomic E-state index is 12.7. The van der Waals surface area contributed by atoms with Crippen molar-refractivity contribution in [3.8, 4) is 6.19 Å². The van der Waals surface area contributed by atoms with E-state index in [-0.39, 0.29) is 5.91 Å². The van der Waals surface area contributed by atoms with Crippen LogP contribution >= 0.6 is 11.8 Å². The number of amidine groups is 1. The van der Waals surface area contributed by atoms with Crippen molar-refractivity contribution in [1.82, 2.24) is 10.2 Å². The Morgan fingerprint density at radius 3 is 2.87 bits per heavy atom. The molecule has 1 amide bonds. The summed E-state index contributed by atoms with van der Waals surface area (Å²) in [7, 11) is 0. The monoisotopic (exact) mass is 328 g/mol. The van der Waals surface area contributed by atoms with Crippen LogP contribution in [-0.4, -0.2) is 28.3 Å². The van der Waals surface area contributed by atoms with E-state index in [1.54, 1.807) is 0 Å². The molecule has 6 heteroatoms. The first-order chi connectivity index (χ1) is 11.2. The number of hydrogen-bond donors (Lipinski definition) is 1. The SMILES string of the molecule is CSC(=Nc1cccc2c1CN(C1CCCCC1)C2=O)NC#N. The van der Waals surface area contributed by atoms with Crippen LogP contribution in [0.4, 0.5) is 5.69 Å². The number of nitrogens with zero attached hydrogens (tertiary/aromatic N) is 3. The summed E-state index contributed by atoms with van der Waals surface area (Å²) in [5, 5.41) is 11.9. The lowest BCUT2D eigenvalue weighted by atomic mass is 9.94. The molecule has 1 aromatic rings. The van der Waals surface area contributed by atoms with E-state index >= 15 is 0 Å². The van der Waals surface area contributed by atoms with E-state index in [2.05, 4.69) is 10.3 Å². The van der Waals surface area contributed by atoms with Gasteiger partial charge in [0.1, 0.15) is 0 Å². The molecule has 0 aromatic heterocycles. The smallest absolute Gasteiger partial charge is 0.254 e. The van der Waals surface area contributed by atoms with Gasteiger partial charge in [0.25, 0.3) is 5.91 Å². The van der Waals surface area contributed by atoms with Gasteiger partial charge in [-0.05, 0) is 31.2 Å². The number of fused-ring (bicyclic) bond motifs is 1. The lowest BCUT2D eigenvalue weighted by Crippen LogP contribution is -2.36. The summed E-state index contributed by atoms with van der Waals surface area (Å²) in [6, 6.07) is 6.02. The fourth-order valence-electron chi connectivity index (χ4n) is 3.41. The van der Waals surface area contributed by atoms with Crippen molar-refractivity contribution in [2.75, 3.05) is 6.26 Å². The summed E-state index contributed by atoms with van der Waals surface area (Å²) in [6.45, 7) is 0.632. The Labute approximate surface area is 140 Å². The molecule has 0 spiro atoms. The molecule has 3 rings (SSSR count). The first-order valence-electron chi connectivity index (χ1n) is 7.95. The highest BCUT2D eigenvalue weighted by Gasteiger charge is 2.34. The average Bonchev–Trinajstić information content (AvgIpc) is 2.93. The molecule has 0 bridgehead atoms. The summed E-state index contributed by atoms with van der Waals surface area (Å²) in [5.74, 6) is 0.128. The molecule has 23 heavy (non-hydrogen) atoms. The van der Waals surface area contributed by atoms with Crippen LogP contribution in [0.2, 0.25) is 0 Å². The molecule has 0 unspecified atom stereocenters. The molecular formula is C17H20N4OS. The highest BCUT2D eigenvalue weighted by atomic mass is 32.2. The van der Waals surface area contributed by atoms with Gasteiger partial charge in [0.15, 0.2) is 11.4 Å². The summed E-state index contributed by atoms with van der Waals surface area (Å²) in [6.07, 6.45) is 9.66. The number of nitriles is 1. The number of amides is 1. The van der Waals surface area contributed by atoms with Crippen molar-refractivity contribution in [3.05, 3.63) is 29.3 Å². The van der Waals surface area contributed by atoms with Gasteiger partial charge in [-0.2, -0.15) is 5.26 Å². The Balaban J connectivity index is 1.89. The quantitative estimate of drug-likeness (QED) is 0.391. The Morgan fingerprint density at radius 2 is 2.17 bits per heavy atom. The molecule has 1 N–H and O–H groups in total. The van der Waals surface area contributed by atoms with Crippen molar-refractivity contribution >= 4 is 28.5 Å². The molecule has 0 saturated heterocycles. The van der Waals surface area contributed by atoms with Crippen molar-refractivity contribution in [2.45, 2.75) is 44.7 Å². The van der Waals surface area contributed by atoms with Gasteiger partial charge in [-0.25, -0.2) is 4.99 Å². The Morgan fingerprint density at radius 1 is 1.39 bits per heavy atom. The van der Waals surface area contributed by atoms with E-state index < -0.39 is 0 Å². The maximum Gasteiger partial charge on any atom is 0.254 e. The van der Waals surface area contributed by atoms with Crippen molar-refractivity contribution < 1.29 is 4.79 Å². The lowest BCUT2D eigenvalue weighted by molar-refractivity contribution is 0.0660. The topological polar surface area (TPSA) is 68.5 Å². The zero-order valence-corrected chi connectivity index (χ0v) is 14.0.